The molecule has 0 amide bonds. The zero-order valence-corrected chi connectivity index (χ0v) is 22.0. The number of allylic oxidation sites excluding steroid dienone is 1. The van der Waals surface area contributed by atoms with Crippen LogP contribution in [0.1, 0.15) is 91.9 Å². The van der Waals surface area contributed by atoms with Crippen molar-refractivity contribution < 1.29 is 14.9 Å². The molecule has 192 valence electrons. The summed E-state index contributed by atoms with van der Waals surface area (Å²) in [7, 11) is 0. The molecule has 0 aromatic carbocycles. The summed E-state index contributed by atoms with van der Waals surface area (Å²) in [5.41, 5.74) is 1.48. The molecule has 3 aliphatic carbocycles. The molecule has 2 saturated heterocycles. The largest absolute Gasteiger partial charge is 0.474 e. The zero-order valence-electron chi connectivity index (χ0n) is 22.0. The molecule has 5 rings (SSSR count). The smallest absolute Gasteiger partial charge is 0.186 e. The molecule has 6 unspecified atom stereocenters. The lowest BCUT2D eigenvalue weighted by Gasteiger charge is -2.45. The van der Waals surface area contributed by atoms with E-state index in [0.717, 1.165) is 25.4 Å². The summed E-state index contributed by atoms with van der Waals surface area (Å²) >= 11 is 0. The Kier molecular flexibility index (Phi) is 6.98. The van der Waals surface area contributed by atoms with Crippen molar-refractivity contribution in [2.75, 3.05) is 13.1 Å². The molecule has 2 aliphatic heterocycles. The molecule has 2 heterocycles. The van der Waals surface area contributed by atoms with Gasteiger partial charge in [0, 0.05) is 42.1 Å². The highest BCUT2D eigenvalue weighted by Gasteiger charge is 2.54. The quantitative estimate of drug-likeness (QED) is 0.567. The van der Waals surface area contributed by atoms with E-state index in [4.69, 9.17) is 4.74 Å². The van der Waals surface area contributed by atoms with Crippen molar-refractivity contribution in [1.82, 2.24) is 9.80 Å². The number of unbranched alkanes of at least 4 members (excludes halogenated alkanes) is 1. The first kappa shape index (κ1) is 24.5. The highest BCUT2D eigenvalue weighted by Crippen LogP contribution is 2.54. The number of nitrogens with zero attached hydrogens (tertiary/aromatic N) is 2. The maximum absolute atomic E-state index is 11.2. The van der Waals surface area contributed by atoms with Crippen LogP contribution < -0.4 is 0 Å². The van der Waals surface area contributed by atoms with Crippen molar-refractivity contribution in [3.05, 3.63) is 23.7 Å². The van der Waals surface area contributed by atoms with Crippen LogP contribution in [0, 0.1) is 23.2 Å². The SMILES string of the molecule is CCCCN1C(=CC2C(O)C(C=C3OC4CCCCC4N3CC)C2O)C(C)(C)C2CCCCC21. The summed E-state index contributed by atoms with van der Waals surface area (Å²) in [6, 6.07) is 1.09. The second-order valence-corrected chi connectivity index (χ2v) is 12.2. The van der Waals surface area contributed by atoms with E-state index in [2.05, 4.69) is 43.6 Å². The van der Waals surface area contributed by atoms with Crippen molar-refractivity contribution in [3.8, 4) is 0 Å². The molecule has 5 aliphatic rings. The fourth-order valence-electron chi connectivity index (χ4n) is 7.99. The Labute approximate surface area is 207 Å². The maximum atomic E-state index is 11.2. The number of aliphatic hydroxyl groups is 2. The van der Waals surface area contributed by atoms with E-state index in [0.29, 0.717) is 18.0 Å². The molecule has 6 atom stereocenters. The van der Waals surface area contributed by atoms with E-state index < -0.39 is 12.2 Å². The third-order valence-electron chi connectivity index (χ3n) is 10.0. The van der Waals surface area contributed by atoms with Crippen LogP contribution >= 0.6 is 0 Å². The molecule has 0 radical (unpaired) electrons. The minimum atomic E-state index is -0.550. The van der Waals surface area contributed by atoms with Gasteiger partial charge in [0.05, 0.1) is 18.2 Å². The molecule has 5 nitrogen and oxygen atoms in total. The van der Waals surface area contributed by atoms with Crippen LogP contribution in [0.5, 0.6) is 0 Å². The van der Waals surface area contributed by atoms with Crippen LogP contribution in [0.2, 0.25) is 0 Å². The van der Waals surface area contributed by atoms with Gasteiger partial charge in [0.25, 0.3) is 0 Å². The minimum absolute atomic E-state index is 0.102. The van der Waals surface area contributed by atoms with Gasteiger partial charge in [-0.15, -0.1) is 0 Å². The van der Waals surface area contributed by atoms with Crippen molar-refractivity contribution in [2.24, 2.45) is 23.2 Å². The average Bonchev–Trinajstić information content (AvgIpc) is 3.31. The van der Waals surface area contributed by atoms with Gasteiger partial charge in [0.1, 0.15) is 6.10 Å². The summed E-state index contributed by atoms with van der Waals surface area (Å²) in [5, 5.41) is 22.5. The second-order valence-electron chi connectivity index (χ2n) is 12.2. The van der Waals surface area contributed by atoms with E-state index in [1.54, 1.807) is 0 Å². The average molecular weight is 473 g/mol. The van der Waals surface area contributed by atoms with E-state index in [1.165, 1.54) is 63.5 Å². The summed E-state index contributed by atoms with van der Waals surface area (Å²) in [5.74, 6) is 1.14. The summed E-state index contributed by atoms with van der Waals surface area (Å²) in [4.78, 5) is 5.04. The fourth-order valence-corrected chi connectivity index (χ4v) is 7.99. The van der Waals surface area contributed by atoms with Gasteiger partial charge in [0.15, 0.2) is 5.88 Å². The number of likely N-dealkylation sites (tertiary alicyclic amines) is 1. The van der Waals surface area contributed by atoms with Gasteiger partial charge in [-0.2, -0.15) is 0 Å². The van der Waals surface area contributed by atoms with Crippen LogP contribution in [0.15, 0.2) is 23.7 Å². The predicted octanol–water partition coefficient (Wildman–Crippen LogP) is 5.04. The van der Waals surface area contributed by atoms with Gasteiger partial charge in [-0.1, -0.05) is 52.5 Å². The van der Waals surface area contributed by atoms with Gasteiger partial charge in [-0.05, 0) is 57.4 Å². The molecule has 5 fully saturated rings. The predicted molar refractivity (Wildman–Crippen MR) is 136 cm³/mol. The summed E-state index contributed by atoms with van der Waals surface area (Å²) in [6.07, 6.45) is 15.9. The Morgan fingerprint density at radius 2 is 1.53 bits per heavy atom. The van der Waals surface area contributed by atoms with E-state index in [1.807, 2.05) is 6.08 Å². The molecule has 2 N–H and O–H groups in total. The van der Waals surface area contributed by atoms with Gasteiger partial charge in [-0.3, -0.25) is 0 Å². The number of rotatable bonds is 6. The van der Waals surface area contributed by atoms with E-state index in [-0.39, 0.29) is 23.4 Å². The van der Waals surface area contributed by atoms with Crippen molar-refractivity contribution in [3.63, 3.8) is 0 Å². The molecule has 0 spiro atoms. The normalized spacial score (nSPS) is 43.6. The Morgan fingerprint density at radius 3 is 2.24 bits per heavy atom. The molecule has 0 aromatic heterocycles. The first-order valence-electron chi connectivity index (χ1n) is 14.4. The molecule has 0 bridgehead atoms. The van der Waals surface area contributed by atoms with Crippen molar-refractivity contribution in [1.29, 1.82) is 0 Å². The Balaban J connectivity index is 1.35. The monoisotopic (exact) mass is 472 g/mol. The highest BCUT2D eigenvalue weighted by atomic mass is 16.5. The standard InChI is InChI=1S/C29H48N2O3/c1-5-7-16-31-22-13-9-8-12-21(22)29(3,4)25(31)17-19-27(32)20(28(19)33)18-26-30(6-2)23-14-10-11-15-24(23)34-26/h17-24,27-28,32-33H,5-16H2,1-4H3. The lowest BCUT2D eigenvalue weighted by Crippen LogP contribution is -2.54. The molecule has 34 heavy (non-hydrogen) atoms. The molecule has 3 saturated carbocycles. The first-order valence-corrected chi connectivity index (χ1v) is 14.4. The lowest BCUT2D eigenvalue weighted by atomic mass is 9.66. The van der Waals surface area contributed by atoms with Crippen LogP contribution in [0.4, 0.5) is 0 Å². The third-order valence-corrected chi connectivity index (χ3v) is 10.0. The highest BCUT2D eigenvalue weighted by molar-refractivity contribution is 5.27. The van der Waals surface area contributed by atoms with Crippen LogP contribution in [-0.4, -0.2) is 63.5 Å². The third kappa shape index (κ3) is 3.99. The van der Waals surface area contributed by atoms with Gasteiger partial charge in [-0.25, -0.2) is 0 Å². The van der Waals surface area contributed by atoms with E-state index in [9.17, 15) is 10.2 Å². The molecular weight excluding hydrogens is 424 g/mol. The number of likely N-dealkylation sites (N-methyl/N-ethyl adjacent to an activating group) is 1. The summed E-state index contributed by atoms with van der Waals surface area (Å²) in [6.45, 7) is 11.3. The first-order chi connectivity index (χ1) is 16.4. The number of hydrogen-bond acceptors (Lipinski definition) is 5. The lowest BCUT2D eigenvalue weighted by molar-refractivity contribution is -0.112. The van der Waals surface area contributed by atoms with Crippen molar-refractivity contribution >= 4 is 0 Å². The topological polar surface area (TPSA) is 56.2 Å². The minimum Gasteiger partial charge on any atom is -0.474 e. The molecule has 5 heteroatoms. The number of hydrogen-bond donors (Lipinski definition) is 2. The maximum Gasteiger partial charge on any atom is 0.186 e. The van der Waals surface area contributed by atoms with Gasteiger partial charge >= 0.3 is 0 Å². The molecule has 0 aromatic rings. The second kappa shape index (κ2) is 9.69. The number of aliphatic hydroxyl groups excluding tert-OH is 2. The van der Waals surface area contributed by atoms with Crippen LogP contribution in [0.25, 0.3) is 0 Å². The zero-order chi connectivity index (χ0) is 24.0. The van der Waals surface area contributed by atoms with E-state index >= 15 is 0 Å². The Hall–Kier alpha value is -1.20. The number of ether oxygens (including phenoxy) is 1. The summed E-state index contributed by atoms with van der Waals surface area (Å²) < 4.78 is 6.34. The van der Waals surface area contributed by atoms with Crippen LogP contribution in [0.3, 0.4) is 0 Å². The fraction of sp³-hybridized carbons (Fsp3) is 0.862. The number of fused-ring (bicyclic) bond motifs is 2. The molecular formula is C29H48N2O3. The van der Waals surface area contributed by atoms with Crippen LogP contribution in [-0.2, 0) is 4.74 Å². The Bertz CT molecular complexity index is 782. The Morgan fingerprint density at radius 1 is 0.882 bits per heavy atom. The van der Waals surface area contributed by atoms with Crippen molar-refractivity contribution in [2.45, 2.75) is 122 Å². The van der Waals surface area contributed by atoms with Gasteiger partial charge < -0.3 is 24.7 Å². The van der Waals surface area contributed by atoms with Gasteiger partial charge in [0.2, 0.25) is 0 Å².